The van der Waals surface area contributed by atoms with Crippen LogP contribution in [0.2, 0.25) is 0 Å². The molecule has 0 atom stereocenters. The van der Waals surface area contributed by atoms with E-state index in [0.717, 1.165) is 25.2 Å². The lowest BCUT2D eigenvalue weighted by Crippen LogP contribution is -2.09. The van der Waals surface area contributed by atoms with Gasteiger partial charge in [0.05, 0.1) is 0 Å². The normalized spacial score (nSPS) is 10.6. The molecule has 0 aliphatic rings. The highest BCUT2D eigenvalue weighted by molar-refractivity contribution is 5.51. The second kappa shape index (κ2) is 6.24. The van der Waals surface area contributed by atoms with E-state index in [2.05, 4.69) is 46.1 Å². The van der Waals surface area contributed by atoms with E-state index in [1.54, 1.807) is 0 Å². The molecule has 0 saturated heterocycles. The van der Waals surface area contributed by atoms with E-state index in [9.17, 15) is 0 Å². The van der Waals surface area contributed by atoms with Crippen molar-refractivity contribution >= 4 is 5.69 Å². The van der Waals surface area contributed by atoms with Gasteiger partial charge in [0, 0.05) is 38.1 Å². The zero-order chi connectivity index (χ0) is 12.8. The Balaban J connectivity index is 1.92. The molecule has 0 radical (unpaired) electrons. The van der Waals surface area contributed by atoms with E-state index >= 15 is 0 Å². The highest BCUT2D eigenvalue weighted by Gasteiger charge is 2.02. The molecule has 1 heterocycles. The third-order valence-electron chi connectivity index (χ3n) is 3.12. The molecule has 2 aromatic rings. The SMILES string of the molecule is CCCc1ccccc1NCCc1nccn1C. The standard InChI is InChI=1S/C15H21N3/c1-3-6-13-7-4-5-8-14(13)16-10-9-15-17-11-12-18(15)2/h4-5,7-8,11-12,16H,3,6,9-10H2,1-2H3. The molecule has 96 valence electrons. The number of nitrogens with zero attached hydrogens (tertiary/aromatic N) is 2. The molecule has 0 bridgehead atoms. The van der Waals surface area contributed by atoms with Crippen LogP contribution in [0, 0.1) is 0 Å². The predicted molar refractivity (Wildman–Crippen MR) is 75.8 cm³/mol. The lowest BCUT2D eigenvalue weighted by molar-refractivity contribution is 0.789. The zero-order valence-electron chi connectivity index (χ0n) is 11.2. The predicted octanol–water partition coefficient (Wildman–Crippen LogP) is 3.03. The summed E-state index contributed by atoms with van der Waals surface area (Å²) in [5.74, 6) is 1.12. The molecule has 0 aliphatic carbocycles. The fourth-order valence-electron chi connectivity index (χ4n) is 2.13. The van der Waals surface area contributed by atoms with Crippen molar-refractivity contribution in [1.29, 1.82) is 0 Å². The van der Waals surface area contributed by atoms with Crippen LogP contribution in [-0.2, 0) is 19.9 Å². The van der Waals surface area contributed by atoms with Crippen LogP contribution in [0.15, 0.2) is 36.7 Å². The van der Waals surface area contributed by atoms with Gasteiger partial charge in [0.15, 0.2) is 0 Å². The summed E-state index contributed by atoms with van der Waals surface area (Å²) < 4.78 is 2.07. The quantitative estimate of drug-likeness (QED) is 0.845. The highest BCUT2D eigenvalue weighted by Crippen LogP contribution is 2.16. The number of hydrogen-bond donors (Lipinski definition) is 1. The minimum atomic E-state index is 0.922. The third kappa shape index (κ3) is 3.13. The van der Waals surface area contributed by atoms with Crippen molar-refractivity contribution in [2.45, 2.75) is 26.2 Å². The van der Waals surface area contributed by atoms with Crippen LogP contribution < -0.4 is 5.32 Å². The van der Waals surface area contributed by atoms with E-state index in [1.807, 2.05) is 19.4 Å². The zero-order valence-corrected chi connectivity index (χ0v) is 11.2. The smallest absolute Gasteiger partial charge is 0.110 e. The monoisotopic (exact) mass is 243 g/mol. The second-order valence-corrected chi connectivity index (χ2v) is 4.54. The molecule has 0 amide bonds. The summed E-state index contributed by atoms with van der Waals surface area (Å²) >= 11 is 0. The number of para-hydroxylation sites is 1. The van der Waals surface area contributed by atoms with Crippen LogP contribution in [0.3, 0.4) is 0 Å². The molecule has 0 spiro atoms. The number of rotatable bonds is 6. The first kappa shape index (κ1) is 12.7. The van der Waals surface area contributed by atoms with E-state index in [0.29, 0.717) is 0 Å². The second-order valence-electron chi connectivity index (χ2n) is 4.54. The van der Waals surface area contributed by atoms with Crippen LogP contribution in [0.4, 0.5) is 5.69 Å². The highest BCUT2D eigenvalue weighted by atomic mass is 15.0. The van der Waals surface area contributed by atoms with Crippen LogP contribution in [0.5, 0.6) is 0 Å². The van der Waals surface area contributed by atoms with Crippen LogP contribution >= 0.6 is 0 Å². The average molecular weight is 243 g/mol. The van der Waals surface area contributed by atoms with Gasteiger partial charge in [-0.05, 0) is 18.1 Å². The van der Waals surface area contributed by atoms with E-state index in [1.165, 1.54) is 17.7 Å². The Hall–Kier alpha value is -1.77. The van der Waals surface area contributed by atoms with E-state index in [4.69, 9.17) is 0 Å². The Morgan fingerprint density at radius 1 is 1.22 bits per heavy atom. The summed E-state index contributed by atoms with van der Waals surface area (Å²) in [7, 11) is 2.04. The first-order valence-electron chi connectivity index (χ1n) is 6.59. The van der Waals surface area contributed by atoms with Crippen molar-refractivity contribution in [3.05, 3.63) is 48.0 Å². The number of anilines is 1. The third-order valence-corrected chi connectivity index (χ3v) is 3.12. The van der Waals surface area contributed by atoms with Gasteiger partial charge in [-0.15, -0.1) is 0 Å². The molecule has 0 fully saturated rings. The van der Waals surface area contributed by atoms with Gasteiger partial charge in [-0.3, -0.25) is 0 Å². The van der Waals surface area contributed by atoms with Crippen LogP contribution in [0.25, 0.3) is 0 Å². The molecule has 1 aromatic heterocycles. The average Bonchev–Trinajstić information content (AvgIpc) is 2.78. The van der Waals surface area contributed by atoms with Gasteiger partial charge in [-0.2, -0.15) is 0 Å². The van der Waals surface area contributed by atoms with Gasteiger partial charge in [0.2, 0.25) is 0 Å². The summed E-state index contributed by atoms with van der Waals surface area (Å²) in [6.07, 6.45) is 7.09. The molecule has 0 aliphatic heterocycles. The topological polar surface area (TPSA) is 29.9 Å². The minimum Gasteiger partial charge on any atom is -0.384 e. The fourth-order valence-corrected chi connectivity index (χ4v) is 2.13. The molecule has 3 nitrogen and oxygen atoms in total. The first-order valence-corrected chi connectivity index (χ1v) is 6.59. The van der Waals surface area contributed by atoms with Crippen LogP contribution in [-0.4, -0.2) is 16.1 Å². The first-order chi connectivity index (χ1) is 8.81. The van der Waals surface area contributed by atoms with Crippen LogP contribution in [0.1, 0.15) is 24.7 Å². The van der Waals surface area contributed by atoms with Crippen molar-refractivity contribution in [2.75, 3.05) is 11.9 Å². The summed E-state index contributed by atoms with van der Waals surface area (Å²) in [6, 6.07) is 8.55. The van der Waals surface area contributed by atoms with Gasteiger partial charge in [0.25, 0.3) is 0 Å². The van der Waals surface area contributed by atoms with Crippen molar-refractivity contribution in [3.63, 3.8) is 0 Å². The lowest BCUT2D eigenvalue weighted by Gasteiger charge is -2.11. The molecule has 1 N–H and O–H groups in total. The van der Waals surface area contributed by atoms with Crippen molar-refractivity contribution in [3.8, 4) is 0 Å². The Bertz CT molecular complexity index is 488. The maximum absolute atomic E-state index is 4.33. The fraction of sp³-hybridized carbons (Fsp3) is 0.400. The molecule has 2 rings (SSSR count). The lowest BCUT2D eigenvalue weighted by atomic mass is 10.1. The number of hydrogen-bond acceptors (Lipinski definition) is 2. The largest absolute Gasteiger partial charge is 0.384 e. The Kier molecular flexibility index (Phi) is 4.40. The molecule has 0 unspecified atom stereocenters. The van der Waals surface area contributed by atoms with E-state index < -0.39 is 0 Å². The van der Waals surface area contributed by atoms with Crippen molar-refractivity contribution in [1.82, 2.24) is 9.55 Å². The molecule has 18 heavy (non-hydrogen) atoms. The number of nitrogens with one attached hydrogen (secondary N) is 1. The molecular weight excluding hydrogens is 222 g/mol. The van der Waals surface area contributed by atoms with Gasteiger partial charge in [-0.1, -0.05) is 31.5 Å². The van der Waals surface area contributed by atoms with E-state index in [-0.39, 0.29) is 0 Å². The molecular formula is C15H21N3. The number of aryl methyl sites for hydroxylation is 2. The van der Waals surface area contributed by atoms with Crippen molar-refractivity contribution < 1.29 is 0 Å². The maximum atomic E-state index is 4.33. The van der Waals surface area contributed by atoms with Gasteiger partial charge < -0.3 is 9.88 Å². The number of imidazole rings is 1. The maximum Gasteiger partial charge on any atom is 0.110 e. The number of benzene rings is 1. The Labute approximate surface area is 109 Å². The summed E-state index contributed by atoms with van der Waals surface area (Å²) in [6.45, 7) is 3.14. The summed E-state index contributed by atoms with van der Waals surface area (Å²) in [4.78, 5) is 4.33. The van der Waals surface area contributed by atoms with Gasteiger partial charge >= 0.3 is 0 Å². The van der Waals surface area contributed by atoms with Gasteiger partial charge in [-0.25, -0.2) is 4.98 Å². The Morgan fingerprint density at radius 2 is 2.06 bits per heavy atom. The van der Waals surface area contributed by atoms with Crippen molar-refractivity contribution in [2.24, 2.45) is 7.05 Å². The molecule has 3 heteroatoms. The minimum absolute atomic E-state index is 0.922. The molecule has 0 saturated carbocycles. The number of aromatic nitrogens is 2. The summed E-state index contributed by atoms with van der Waals surface area (Å²) in [5, 5.41) is 3.51. The van der Waals surface area contributed by atoms with Gasteiger partial charge in [0.1, 0.15) is 5.82 Å². The Morgan fingerprint density at radius 3 is 2.78 bits per heavy atom. The molecule has 1 aromatic carbocycles. The summed E-state index contributed by atoms with van der Waals surface area (Å²) in [5.41, 5.74) is 2.66.